The van der Waals surface area contributed by atoms with Crippen LogP contribution in [0.25, 0.3) is 76.8 Å². The Morgan fingerprint density at radius 3 is 0.947 bits per heavy atom. The van der Waals surface area contributed by atoms with Gasteiger partial charge in [0.05, 0.1) is 22.7 Å². The molecule has 0 aliphatic heterocycles. The van der Waals surface area contributed by atoms with Crippen LogP contribution in [0.3, 0.4) is 0 Å². The van der Waals surface area contributed by atoms with E-state index in [0.717, 1.165) is 111 Å². The standard InChI is InChI=1S/C72H58F2N2/c1-43-19-23-53(35-47(43)5)57-39-63(55-25-21-45(3)49(7)37-55)71(73)67(41-57)75(59-15-11-9-12-16-59)65-33-29-51-28-32-62-66(34-30-52-27-31-61(65)69(51)70(52)62)76(60-17-13-10-14-18-60)68-42-58(54-24-20-44(2)48(6)36-54)40-64(72(68)74)56-26-22-46(4)50(8)38-56/h9-42H,1-8H3. The zero-order valence-corrected chi connectivity index (χ0v) is 44.3. The van der Waals surface area contributed by atoms with Gasteiger partial charge in [-0.3, -0.25) is 0 Å². The second-order valence-electron chi connectivity index (χ2n) is 20.8. The van der Waals surface area contributed by atoms with Crippen molar-refractivity contribution in [3.8, 4) is 44.5 Å². The van der Waals surface area contributed by atoms with Crippen molar-refractivity contribution in [3.05, 3.63) is 262 Å². The lowest BCUT2D eigenvalue weighted by atomic mass is 9.90. The minimum absolute atomic E-state index is 0.309. The first-order valence-corrected chi connectivity index (χ1v) is 26.2. The first-order valence-electron chi connectivity index (χ1n) is 26.2. The number of nitrogens with zero attached hydrogens (tertiary/aromatic N) is 2. The van der Waals surface area contributed by atoms with Crippen molar-refractivity contribution < 1.29 is 8.78 Å². The third-order valence-electron chi connectivity index (χ3n) is 16.0. The number of rotatable bonds is 10. The molecule has 0 aromatic heterocycles. The van der Waals surface area contributed by atoms with Crippen LogP contribution in [-0.2, 0) is 0 Å². The van der Waals surface area contributed by atoms with Crippen LogP contribution >= 0.6 is 0 Å². The first kappa shape index (κ1) is 48.1. The summed E-state index contributed by atoms with van der Waals surface area (Å²) < 4.78 is 36.4. The van der Waals surface area contributed by atoms with Crippen molar-refractivity contribution in [2.45, 2.75) is 55.4 Å². The predicted octanol–water partition coefficient (Wildman–Crippen LogP) is 20.9. The Morgan fingerprint density at radius 2 is 0.592 bits per heavy atom. The van der Waals surface area contributed by atoms with Crippen LogP contribution in [0.15, 0.2) is 206 Å². The van der Waals surface area contributed by atoms with Crippen LogP contribution in [0.4, 0.5) is 42.9 Å². The minimum atomic E-state index is -0.309. The van der Waals surface area contributed by atoms with Crippen molar-refractivity contribution in [2.75, 3.05) is 9.80 Å². The van der Waals surface area contributed by atoms with Gasteiger partial charge >= 0.3 is 0 Å². The Kier molecular flexibility index (Phi) is 12.1. The smallest absolute Gasteiger partial charge is 0.155 e. The fraction of sp³-hybridized carbons (Fsp3) is 0.111. The molecule has 2 nitrogen and oxygen atoms in total. The SMILES string of the molecule is Cc1ccc(-c2cc(-c3ccc(C)c(C)c3)c(F)c(N(c3ccccc3)c3ccc4ccc5c(N(c6ccccc6)c6cc(-c7ccc(C)c(C)c7)cc(-c7ccc(C)c(C)c7)c6F)ccc6ccc3c4c65)c2)cc1C. The van der Waals surface area contributed by atoms with Crippen molar-refractivity contribution in [1.82, 2.24) is 0 Å². The lowest BCUT2D eigenvalue weighted by Crippen LogP contribution is -2.14. The summed E-state index contributed by atoms with van der Waals surface area (Å²) in [7, 11) is 0. The van der Waals surface area contributed by atoms with Gasteiger partial charge in [-0.2, -0.15) is 0 Å². The molecule has 0 saturated carbocycles. The van der Waals surface area contributed by atoms with E-state index in [2.05, 4.69) is 199 Å². The molecule has 370 valence electrons. The number of benzene rings is 12. The largest absolute Gasteiger partial charge is 0.307 e. The molecule has 4 heteroatoms. The zero-order chi connectivity index (χ0) is 52.5. The van der Waals surface area contributed by atoms with E-state index in [1.165, 1.54) is 22.3 Å². The second-order valence-corrected chi connectivity index (χ2v) is 20.8. The number of anilines is 6. The van der Waals surface area contributed by atoms with E-state index in [9.17, 15) is 0 Å². The molecule has 0 aliphatic rings. The summed E-state index contributed by atoms with van der Waals surface area (Å²) in [6.45, 7) is 16.8. The van der Waals surface area contributed by atoms with Gasteiger partial charge in [-0.05, 0) is 215 Å². The fourth-order valence-corrected chi connectivity index (χ4v) is 11.1. The molecule has 0 aliphatic carbocycles. The summed E-state index contributed by atoms with van der Waals surface area (Å²) in [5.74, 6) is -0.618. The van der Waals surface area contributed by atoms with Gasteiger partial charge in [0, 0.05) is 33.3 Å². The van der Waals surface area contributed by atoms with Crippen LogP contribution in [0.2, 0.25) is 0 Å². The van der Waals surface area contributed by atoms with Crippen LogP contribution in [-0.4, -0.2) is 0 Å². The number of aryl methyl sites for hydroxylation is 8. The Bertz CT molecular complexity index is 3960. The predicted molar refractivity (Wildman–Crippen MR) is 319 cm³/mol. The average Bonchev–Trinajstić information content (AvgIpc) is 3.56. The molecule has 0 unspecified atom stereocenters. The third-order valence-corrected chi connectivity index (χ3v) is 16.0. The number of para-hydroxylation sites is 2. The van der Waals surface area contributed by atoms with Crippen molar-refractivity contribution in [1.29, 1.82) is 0 Å². The Balaban J connectivity index is 1.12. The summed E-state index contributed by atoms with van der Waals surface area (Å²) >= 11 is 0. The van der Waals surface area contributed by atoms with Crippen molar-refractivity contribution in [3.63, 3.8) is 0 Å². The summed E-state index contributed by atoms with van der Waals surface area (Å²) in [6.07, 6.45) is 0. The van der Waals surface area contributed by atoms with E-state index in [0.29, 0.717) is 22.5 Å². The highest BCUT2D eigenvalue weighted by molar-refractivity contribution is 6.28. The quantitative estimate of drug-likeness (QED) is 0.126. The molecule has 0 atom stereocenters. The van der Waals surface area contributed by atoms with Gasteiger partial charge in [-0.15, -0.1) is 0 Å². The van der Waals surface area contributed by atoms with Crippen molar-refractivity contribution >= 4 is 66.4 Å². The number of hydrogen-bond acceptors (Lipinski definition) is 2. The molecule has 0 radical (unpaired) electrons. The van der Waals surface area contributed by atoms with Gasteiger partial charge in [0.15, 0.2) is 11.6 Å². The third kappa shape index (κ3) is 8.35. The molecule has 12 aromatic rings. The van der Waals surface area contributed by atoms with E-state index in [4.69, 9.17) is 0 Å². The van der Waals surface area contributed by atoms with Crippen LogP contribution < -0.4 is 9.80 Å². The maximum absolute atomic E-state index is 18.2. The van der Waals surface area contributed by atoms with Crippen molar-refractivity contribution in [2.24, 2.45) is 0 Å². The average molecular weight is 989 g/mol. The molecule has 0 N–H and O–H groups in total. The van der Waals surface area contributed by atoms with Gasteiger partial charge in [-0.1, -0.05) is 146 Å². The number of halogens is 2. The van der Waals surface area contributed by atoms with E-state index in [1.54, 1.807) is 0 Å². The topological polar surface area (TPSA) is 6.48 Å². The Morgan fingerprint density at radius 1 is 0.263 bits per heavy atom. The Hall–Kier alpha value is -8.86. The van der Waals surface area contributed by atoms with Crippen LogP contribution in [0, 0.1) is 67.0 Å². The highest BCUT2D eigenvalue weighted by Crippen LogP contribution is 2.50. The van der Waals surface area contributed by atoms with E-state index < -0.39 is 0 Å². The first-order chi connectivity index (χ1) is 36.8. The lowest BCUT2D eigenvalue weighted by molar-refractivity contribution is 0.632. The fourth-order valence-electron chi connectivity index (χ4n) is 11.1. The molecule has 76 heavy (non-hydrogen) atoms. The monoisotopic (exact) mass is 988 g/mol. The molecule has 0 amide bonds. The Labute approximate surface area is 445 Å². The zero-order valence-electron chi connectivity index (χ0n) is 44.3. The maximum atomic E-state index is 18.2. The molecule has 12 aromatic carbocycles. The molecule has 0 fully saturated rings. The summed E-state index contributed by atoms with van der Waals surface area (Å²) in [5, 5.41) is 6.12. The normalized spacial score (nSPS) is 11.6. The van der Waals surface area contributed by atoms with Crippen LogP contribution in [0.5, 0.6) is 0 Å². The van der Waals surface area contributed by atoms with E-state index >= 15 is 8.78 Å². The summed E-state index contributed by atoms with van der Waals surface area (Å²) in [5.41, 5.74) is 20.1. The van der Waals surface area contributed by atoms with Gasteiger partial charge in [0.2, 0.25) is 0 Å². The molecule has 0 heterocycles. The highest BCUT2D eigenvalue weighted by Gasteiger charge is 2.27. The highest BCUT2D eigenvalue weighted by atomic mass is 19.1. The molecule has 0 bridgehead atoms. The number of hydrogen-bond donors (Lipinski definition) is 0. The molecular weight excluding hydrogens is 931 g/mol. The van der Waals surface area contributed by atoms with Gasteiger partial charge < -0.3 is 9.80 Å². The van der Waals surface area contributed by atoms with Gasteiger partial charge in [0.1, 0.15) is 0 Å². The molecule has 0 spiro atoms. The molecule has 0 saturated heterocycles. The second kappa shape index (κ2) is 19.1. The van der Waals surface area contributed by atoms with E-state index in [-0.39, 0.29) is 11.6 Å². The van der Waals surface area contributed by atoms with Gasteiger partial charge in [0.25, 0.3) is 0 Å². The molecule has 12 rings (SSSR count). The summed E-state index contributed by atoms with van der Waals surface area (Å²) in [4.78, 5) is 4.19. The lowest BCUT2D eigenvalue weighted by Gasteiger charge is -2.30. The minimum Gasteiger partial charge on any atom is -0.307 e. The summed E-state index contributed by atoms with van der Waals surface area (Å²) in [6, 6.07) is 71.0. The maximum Gasteiger partial charge on any atom is 0.155 e. The van der Waals surface area contributed by atoms with Crippen LogP contribution in [0.1, 0.15) is 44.5 Å². The molecular formula is C72H58F2N2. The van der Waals surface area contributed by atoms with E-state index in [1.807, 2.05) is 72.8 Å². The van der Waals surface area contributed by atoms with Gasteiger partial charge in [-0.25, -0.2) is 8.78 Å².